The Morgan fingerprint density at radius 1 is 1.00 bits per heavy atom. The van der Waals surface area contributed by atoms with Crippen LogP contribution in [0.3, 0.4) is 0 Å². The summed E-state index contributed by atoms with van der Waals surface area (Å²) in [7, 11) is -7.75. The molecule has 0 amide bonds. The van der Waals surface area contributed by atoms with Gasteiger partial charge in [-0.15, -0.1) is 0 Å². The van der Waals surface area contributed by atoms with Crippen molar-refractivity contribution in [1.82, 2.24) is 9.71 Å². The highest BCUT2D eigenvalue weighted by atomic mass is 32.2. The van der Waals surface area contributed by atoms with E-state index in [2.05, 4.69) is 14.4 Å². The molecule has 0 radical (unpaired) electrons. The fraction of sp³-hybridized carbons (Fsp3) is 0.267. The van der Waals surface area contributed by atoms with Crippen molar-refractivity contribution in [2.75, 3.05) is 24.5 Å². The second-order valence-electron chi connectivity index (χ2n) is 4.91. The lowest BCUT2D eigenvalue weighted by Crippen LogP contribution is -2.27. The van der Waals surface area contributed by atoms with E-state index in [1.54, 1.807) is 6.92 Å². The first kappa shape index (κ1) is 19.3. The molecule has 2 N–H and O–H groups in total. The van der Waals surface area contributed by atoms with Gasteiger partial charge in [0.1, 0.15) is 0 Å². The predicted molar refractivity (Wildman–Crippen MR) is 93.2 cm³/mol. The third kappa shape index (κ3) is 5.49. The third-order valence-electron chi connectivity index (χ3n) is 3.10. The van der Waals surface area contributed by atoms with Gasteiger partial charge in [0.25, 0.3) is 10.0 Å². The molecule has 0 unspecified atom stereocenters. The molecule has 136 valence electrons. The first-order valence-electron chi connectivity index (χ1n) is 7.45. The summed E-state index contributed by atoms with van der Waals surface area (Å²) in [6.45, 7) is 2.62. The second-order valence-corrected chi connectivity index (χ2v) is 8.36. The number of nitrogens with one attached hydrogen (secondary N) is 2. The molecule has 2 rings (SSSR count). The van der Waals surface area contributed by atoms with E-state index in [0.29, 0.717) is 12.3 Å². The summed E-state index contributed by atoms with van der Waals surface area (Å²) in [6, 6.07) is 8.11. The lowest BCUT2D eigenvalue weighted by atomic mass is 10.4. The standard InChI is InChI=1S/C15H19N3O5S2/c1-2-23-11-10-17-24(19,20)14-4-3-5-15(12-14)25(21,22)18-13-6-8-16-9-7-13/h3-9,12,17H,2,10-11H2,1H3,(H,16,18). The van der Waals surface area contributed by atoms with Crippen LogP contribution in [-0.4, -0.2) is 41.6 Å². The number of rotatable bonds is 9. The van der Waals surface area contributed by atoms with Crippen LogP contribution >= 0.6 is 0 Å². The van der Waals surface area contributed by atoms with Crippen molar-refractivity contribution in [3.63, 3.8) is 0 Å². The largest absolute Gasteiger partial charge is 0.380 e. The number of hydrogen-bond acceptors (Lipinski definition) is 6. The van der Waals surface area contributed by atoms with Gasteiger partial charge in [-0.2, -0.15) is 0 Å². The molecule has 0 aliphatic heterocycles. The highest BCUT2D eigenvalue weighted by molar-refractivity contribution is 7.93. The van der Waals surface area contributed by atoms with E-state index in [1.165, 1.54) is 42.7 Å². The van der Waals surface area contributed by atoms with Gasteiger partial charge in [-0.3, -0.25) is 9.71 Å². The van der Waals surface area contributed by atoms with Gasteiger partial charge in [0.05, 0.1) is 22.1 Å². The van der Waals surface area contributed by atoms with Crippen molar-refractivity contribution in [2.45, 2.75) is 16.7 Å². The van der Waals surface area contributed by atoms with Gasteiger partial charge >= 0.3 is 0 Å². The number of benzene rings is 1. The molecular weight excluding hydrogens is 366 g/mol. The Bertz CT molecular complexity index is 900. The molecule has 0 bridgehead atoms. The van der Waals surface area contributed by atoms with E-state index >= 15 is 0 Å². The van der Waals surface area contributed by atoms with E-state index < -0.39 is 20.0 Å². The van der Waals surface area contributed by atoms with Gasteiger partial charge in [-0.25, -0.2) is 21.6 Å². The van der Waals surface area contributed by atoms with Crippen molar-refractivity contribution in [3.05, 3.63) is 48.8 Å². The highest BCUT2D eigenvalue weighted by Crippen LogP contribution is 2.18. The molecule has 25 heavy (non-hydrogen) atoms. The Hall–Kier alpha value is -2.01. The maximum atomic E-state index is 12.4. The number of anilines is 1. The van der Waals surface area contributed by atoms with Crippen molar-refractivity contribution >= 4 is 25.7 Å². The zero-order chi connectivity index (χ0) is 18.3. The fourth-order valence-electron chi connectivity index (χ4n) is 1.92. The number of sulfonamides is 2. The minimum Gasteiger partial charge on any atom is -0.380 e. The van der Waals surface area contributed by atoms with Gasteiger partial charge in [0.15, 0.2) is 0 Å². The smallest absolute Gasteiger partial charge is 0.261 e. The summed E-state index contributed by atoms with van der Waals surface area (Å²) < 4.78 is 59.1. The van der Waals surface area contributed by atoms with Gasteiger partial charge in [0, 0.05) is 25.5 Å². The summed E-state index contributed by atoms with van der Waals surface area (Å²) in [6.07, 6.45) is 2.89. The van der Waals surface area contributed by atoms with Crippen LogP contribution in [0.25, 0.3) is 0 Å². The average Bonchev–Trinajstić information content (AvgIpc) is 2.59. The first-order chi connectivity index (χ1) is 11.8. The SMILES string of the molecule is CCOCCNS(=O)(=O)c1cccc(S(=O)(=O)Nc2ccncc2)c1. The Labute approximate surface area is 147 Å². The molecular formula is C15H19N3O5S2. The van der Waals surface area contributed by atoms with Crippen molar-refractivity contribution in [3.8, 4) is 0 Å². The van der Waals surface area contributed by atoms with Crippen molar-refractivity contribution in [2.24, 2.45) is 0 Å². The fourth-order valence-corrected chi connectivity index (χ4v) is 4.16. The van der Waals surface area contributed by atoms with Crippen LogP contribution in [0.2, 0.25) is 0 Å². The minimum atomic E-state index is -3.92. The van der Waals surface area contributed by atoms with E-state index in [9.17, 15) is 16.8 Å². The summed E-state index contributed by atoms with van der Waals surface area (Å²) in [4.78, 5) is 3.51. The summed E-state index contributed by atoms with van der Waals surface area (Å²) in [5.41, 5.74) is 0.332. The monoisotopic (exact) mass is 385 g/mol. The van der Waals surface area contributed by atoms with Crippen LogP contribution in [0.15, 0.2) is 58.6 Å². The average molecular weight is 385 g/mol. The molecule has 1 aromatic heterocycles. The number of aromatic nitrogens is 1. The van der Waals surface area contributed by atoms with Gasteiger partial charge < -0.3 is 4.74 Å². The molecule has 0 atom stereocenters. The van der Waals surface area contributed by atoms with E-state index in [0.717, 1.165) is 6.07 Å². The van der Waals surface area contributed by atoms with E-state index in [-0.39, 0.29) is 22.9 Å². The number of hydrogen-bond donors (Lipinski definition) is 2. The molecule has 1 heterocycles. The zero-order valence-electron chi connectivity index (χ0n) is 13.5. The lowest BCUT2D eigenvalue weighted by molar-refractivity contribution is 0.153. The number of nitrogens with zero attached hydrogens (tertiary/aromatic N) is 1. The zero-order valence-corrected chi connectivity index (χ0v) is 15.2. The van der Waals surface area contributed by atoms with Crippen LogP contribution < -0.4 is 9.44 Å². The molecule has 0 saturated carbocycles. The van der Waals surface area contributed by atoms with Gasteiger partial charge in [-0.1, -0.05) is 6.07 Å². The Morgan fingerprint density at radius 2 is 1.64 bits per heavy atom. The quantitative estimate of drug-likeness (QED) is 0.627. The maximum absolute atomic E-state index is 12.4. The normalized spacial score (nSPS) is 12.0. The molecule has 0 aliphatic carbocycles. The molecule has 1 aromatic carbocycles. The predicted octanol–water partition coefficient (Wildman–Crippen LogP) is 1.20. The van der Waals surface area contributed by atoms with Crippen molar-refractivity contribution in [1.29, 1.82) is 0 Å². The number of ether oxygens (including phenoxy) is 1. The Morgan fingerprint density at radius 3 is 2.28 bits per heavy atom. The highest BCUT2D eigenvalue weighted by Gasteiger charge is 2.19. The van der Waals surface area contributed by atoms with Gasteiger partial charge in [-0.05, 0) is 37.3 Å². The molecule has 0 saturated heterocycles. The molecule has 0 fully saturated rings. The van der Waals surface area contributed by atoms with Crippen molar-refractivity contribution < 1.29 is 21.6 Å². The second kappa shape index (κ2) is 8.39. The molecule has 2 aromatic rings. The summed E-state index contributed by atoms with van der Waals surface area (Å²) in [5.74, 6) is 0. The topological polar surface area (TPSA) is 114 Å². The van der Waals surface area contributed by atoms with Crippen LogP contribution in [0.1, 0.15) is 6.92 Å². The summed E-state index contributed by atoms with van der Waals surface area (Å²) >= 11 is 0. The van der Waals surface area contributed by atoms with Crippen LogP contribution in [0.4, 0.5) is 5.69 Å². The number of pyridine rings is 1. The molecule has 0 spiro atoms. The Balaban J connectivity index is 2.20. The van der Waals surface area contributed by atoms with E-state index in [1.807, 2.05) is 0 Å². The third-order valence-corrected chi connectivity index (χ3v) is 5.94. The summed E-state index contributed by atoms with van der Waals surface area (Å²) in [5, 5.41) is 0. The molecule has 10 heteroatoms. The van der Waals surface area contributed by atoms with Crippen LogP contribution in [-0.2, 0) is 24.8 Å². The van der Waals surface area contributed by atoms with E-state index in [4.69, 9.17) is 4.74 Å². The maximum Gasteiger partial charge on any atom is 0.261 e. The molecule has 8 nitrogen and oxygen atoms in total. The first-order valence-corrected chi connectivity index (χ1v) is 10.4. The van der Waals surface area contributed by atoms with Crippen LogP contribution in [0, 0.1) is 0 Å². The molecule has 0 aliphatic rings. The minimum absolute atomic E-state index is 0.0996. The van der Waals surface area contributed by atoms with Gasteiger partial charge in [0.2, 0.25) is 10.0 Å². The van der Waals surface area contributed by atoms with Crippen LogP contribution in [0.5, 0.6) is 0 Å². The lowest BCUT2D eigenvalue weighted by Gasteiger charge is -2.10. The Kier molecular flexibility index (Phi) is 6.48.